The third kappa shape index (κ3) is 3.41. The molecule has 26 heavy (non-hydrogen) atoms. The minimum Gasteiger partial charge on any atom is -0.493 e. The van der Waals surface area contributed by atoms with Crippen LogP contribution >= 0.6 is 23.4 Å². The van der Waals surface area contributed by atoms with E-state index >= 15 is 0 Å². The van der Waals surface area contributed by atoms with Crippen molar-refractivity contribution in [3.8, 4) is 11.5 Å². The molecular weight excluding hydrogens is 370 g/mol. The molecule has 1 aromatic heterocycles. The van der Waals surface area contributed by atoms with Gasteiger partial charge in [-0.2, -0.15) is 0 Å². The largest absolute Gasteiger partial charge is 0.493 e. The summed E-state index contributed by atoms with van der Waals surface area (Å²) >= 11 is 7.92. The molecule has 4 nitrogen and oxygen atoms in total. The number of halogens is 1. The summed E-state index contributed by atoms with van der Waals surface area (Å²) in [5.74, 6) is 1.23. The van der Waals surface area contributed by atoms with Crippen LogP contribution in [0.15, 0.2) is 46.1 Å². The highest BCUT2D eigenvalue weighted by atomic mass is 35.5. The van der Waals surface area contributed by atoms with Crippen molar-refractivity contribution in [3.05, 3.63) is 62.9 Å². The molecule has 1 heterocycles. The molecule has 0 atom stereocenters. The van der Waals surface area contributed by atoms with Crippen molar-refractivity contribution in [2.24, 2.45) is 0 Å². The Kier molecular flexibility index (Phi) is 5.49. The molecule has 136 valence electrons. The third-order valence-corrected chi connectivity index (χ3v) is 5.60. The molecule has 0 N–H and O–H groups in total. The van der Waals surface area contributed by atoms with Gasteiger partial charge < -0.3 is 14.0 Å². The Labute approximate surface area is 161 Å². The van der Waals surface area contributed by atoms with E-state index in [0.29, 0.717) is 23.1 Å². The number of hydrogen-bond donors (Lipinski definition) is 0. The molecule has 0 radical (unpaired) electrons. The Morgan fingerprint density at radius 1 is 1.08 bits per heavy atom. The van der Waals surface area contributed by atoms with Crippen LogP contribution in [-0.4, -0.2) is 25.0 Å². The van der Waals surface area contributed by atoms with Crippen LogP contribution in [0.1, 0.15) is 11.1 Å². The van der Waals surface area contributed by atoms with Crippen LogP contribution in [-0.2, 0) is 6.54 Å². The van der Waals surface area contributed by atoms with Gasteiger partial charge >= 0.3 is 0 Å². The van der Waals surface area contributed by atoms with Gasteiger partial charge in [0.2, 0.25) is 0 Å². The number of thioether (sulfide) groups is 1. The molecule has 0 saturated carbocycles. The fourth-order valence-corrected chi connectivity index (χ4v) is 3.91. The first kappa shape index (κ1) is 18.7. The number of aryl methyl sites for hydroxylation is 1. The molecule has 2 aromatic carbocycles. The Bertz CT molecular complexity index is 1030. The number of pyridine rings is 1. The highest BCUT2D eigenvalue weighted by Gasteiger charge is 2.13. The lowest BCUT2D eigenvalue weighted by Gasteiger charge is -2.16. The molecule has 0 unspecified atom stereocenters. The lowest BCUT2D eigenvalue weighted by atomic mass is 10.1. The number of benzene rings is 2. The van der Waals surface area contributed by atoms with E-state index < -0.39 is 0 Å². The average molecular weight is 390 g/mol. The van der Waals surface area contributed by atoms with E-state index in [4.69, 9.17) is 21.1 Å². The Hall–Kier alpha value is -2.11. The molecule has 0 bridgehead atoms. The SMILES string of the molecule is COc1cc2c(C)cc(=O)n(Cc3ccc(SC)c(Cl)c3)c2cc1OC. The van der Waals surface area contributed by atoms with Gasteiger partial charge in [0, 0.05) is 22.4 Å². The van der Waals surface area contributed by atoms with Crippen LogP contribution in [0.2, 0.25) is 5.02 Å². The van der Waals surface area contributed by atoms with Crippen LogP contribution in [0.5, 0.6) is 11.5 Å². The van der Waals surface area contributed by atoms with Crippen molar-refractivity contribution < 1.29 is 9.47 Å². The summed E-state index contributed by atoms with van der Waals surface area (Å²) in [6.07, 6.45) is 1.98. The predicted octanol–water partition coefficient (Wildman–Crippen LogP) is 4.75. The van der Waals surface area contributed by atoms with Crippen LogP contribution < -0.4 is 15.0 Å². The van der Waals surface area contributed by atoms with E-state index in [2.05, 4.69) is 0 Å². The predicted molar refractivity (Wildman–Crippen MR) is 108 cm³/mol. The Balaban J connectivity index is 2.18. The number of methoxy groups -OCH3 is 2. The molecule has 0 saturated heterocycles. The van der Waals surface area contributed by atoms with Gasteiger partial charge in [-0.05, 0) is 42.5 Å². The number of nitrogens with zero attached hydrogens (tertiary/aromatic N) is 1. The second kappa shape index (κ2) is 7.64. The summed E-state index contributed by atoms with van der Waals surface area (Å²) in [6, 6.07) is 11.3. The summed E-state index contributed by atoms with van der Waals surface area (Å²) in [7, 11) is 3.19. The Morgan fingerprint density at radius 3 is 2.38 bits per heavy atom. The third-order valence-electron chi connectivity index (χ3n) is 4.38. The zero-order valence-corrected chi connectivity index (χ0v) is 16.7. The summed E-state index contributed by atoms with van der Waals surface area (Å²) in [5.41, 5.74) is 2.61. The second-order valence-corrected chi connectivity index (χ2v) is 7.20. The van der Waals surface area contributed by atoms with Crippen LogP contribution in [0.3, 0.4) is 0 Å². The maximum absolute atomic E-state index is 12.7. The van der Waals surface area contributed by atoms with Crippen molar-refractivity contribution >= 4 is 34.3 Å². The highest BCUT2D eigenvalue weighted by Crippen LogP contribution is 2.33. The van der Waals surface area contributed by atoms with Gasteiger partial charge in [-0.3, -0.25) is 4.79 Å². The standard InChI is InChI=1S/C20H20ClNO3S/c1-12-7-20(23)22(11-13-5-6-19(26-4)15(21)8-13)16-10-18(25-3)17(24-2)9-14(12)16/h5-10H,11H2,1-4H3. The van der Waals surface area contributed by atoms with Crippen molar-refractivity contribution in [3.63, 3.8) is 0 Å². The maximum atomic E-state index is 12.7. The maximum Gasteiger partial charge on any atom is 0.251 e. The second-order valence-electron chi connectivity index (χ2n) is 5.94. The minimum atomic E-state index is -0.0627. The minimum absolute atomic E-state index is 0.0627. The molecule has 0 fully saturated rings. The first-order valence-corrected chi connectivity index (χ1v) is 9.67. The van der Waals surface area contributed by atoms with Crippen LogP contribution in [0.25, 0.3) is 10.9 Å². The van der Waals surface area contributed by atoms with Crippen molar-refractivity contribution in [2.45, 2.75) is 18.4 Å². The van der Waals surface area contributed by atoms with E-state index in [1.165, 1.54) is 0 Å². The quantitative estimate of drug-likeness (QED) is 0.590. The van der Waals surface area contributed by atoms with Gasteiger partial charge in [-0.15, -0.1) is 11.8 Å². The number of rotatable bonds is 5. The fourth-order valence-electron chi connectivity index (χ4n) is 3.02. The van der Waals surface area contributed by atoms with E-state index in [1.807, 2.05) is 43.5 Å². The molecular formula is C20H20ClNO3S. The van der Waals surface area contributed by atoms with Crippen LogP contribution in [0.4, 0.5) is 0 Å². The van der Waals surface area contributed by atoms with E-state index in [0.717, 1.165) is 26.9 Å². The van der Waals surface area contributed by atoms with Gasteiger partial charge in [0.05, 0.1) is 31.3 Å². The van der Waals surface area contributed by atoms with Gasteiger partial charge in [0.1, 0.15) is 0 Å². The highest BCUT2D eigenvalue weighted by molar-refractivity contribution is 7.98. The molecule has 0 amide bonds. The number of aromatic nitrogens is 1. The first-order valence-electron chi connectivity index (χ1n) is 8.07. The lowest BCUT2D eigenvalue weighted by Crippen LogP contribution is -2.21. The Morgan fingerprint density at radius 2 is 1.77 bits per heavy atom. The monoisotopic (exact) mass is 389 g/mol. The molecule has 3 aromatic rings. The molecule has 6 heteroatoms. The van der Waals surface area contributed by atoms with Crippen molar-refractivity contribution in [1.82, 2.24) is 4.57 Å². The number of fused-ring (bicyclic) bond motifs is 1. The van der Waals surface area contributed by atoms with Gasteiger partial charge in [-0.25, -0.2) is 0 Å². The van der Waals surface area contributed by atoms with Crippen molar-refractivity contribution in [2.75, 3.05) is 20.5 Å². The number of ether oxygens (including phenoxy) is 2. The van der Waals surface area contributed by atoms with E-state index in [1.54, 1.807) is 36.6 Å². The summed E-state index contributed by atoms with van der Waals surface area (Å²) in [4.78, 5) is 13.7. The van der Waals surface area contributed by atoms with Crippen molar-refractivity contribution in [1.29, 1.82) is 0 Å². The van der Waals surface area contributed by atoms with E-state index in [-0.39, 0.29) is 5.56 Å². The van der Waals surface area contributed by atoms with Gasteiger partial charge in [0.15, 0.2) is 11.5 Å². The smallest absolute Gasteiger partial charge is 0.251 e. The van der Waals surface area contributed by atoms with Gasteiger partial charge in [0.25, 0.3) is 5.56 Å². The van der Waals surface area contributed by atoms with Crippen LogP contribution in [0, 0.1) is 6.92 Å². The molecule has 0 aliphatic heterocycles. The lowest BCUT2D eigenvalue weighted by molar-refractivity contribution is 0.355. The molecule has 0 aliphatic carbocycles. The summed E-state index contributed by atoms with van der Waals surface area (Å²) in [6.45, 7) is 2.35. The number of hydrogen-bond acceptors (Lipinski definition) is 4. The fraction of sp³-hybridized carbons (Fsp3) is 0.250. The topological polar surface area (TPSA) is 40.5 Å². The summed E-state index contributed by atoms with van der Waals surface area (Å²) in [5, 5.41) is 1.65. The summed E-state index contributed by atoms with van der Waals surface area (Å²) < 4.78 is 12.5. The molecule has 3 rings (SSSR count). The van der Waals surface area contributed by atoms with Gasteiger partial charge in [-0.1, -0.05) is 17.7 Å². The average Bonchev–Trinajstić information content (AvgIpc) is 2.64. The van der Waals surface area contributed by atoms with E-state index in [9.17, 15) is 4.79 Å². The molecule has 0 spiro atoms. The zero-order valence-electron chi connectivity index (χ0n) is 15.1. The normalized spacial score (nSPS) is 11.0. The zero-order chi connectivity index (χ0) is 18.8. The molecule has 0 aliphatic rings. The first-order chi connectivity index (χ1) is 12.5.